The van der Waals surface area contributed by atoms with Gasteiger partial charge in [0.25, 0.3) is 0 Å². The zero-order valence-electron chi connectivity index (χ0n) is 11.2. The maximum atomic E-state index is 8.79. The van der Waals surface area contributed by atoms with Gasteiger partial charge in [0.1, 0.15) is 0 Å². The average molecular weight is 243 g/mol. The standard InChI is InChI=1S/C16H21NO/c1-12(2)18-16-9-7-15(8-10-16)14-5-3-13(11-17)4-6-14/h3-6,12,15-16H,7-10H2,1-2H3. The molecule has 1 aliphatic rings. The minimum absolute atomic E-state index is 0.335. The van der Waals surface area contributed by atoms with Gasteiger partial charge in [0.05, 0.1) is 23.8 Å². The van der Waals surface area contributed by atoms with Crippen molar-refractivity contribution in [3.8, 4) is 6.07 Å². The predicted octanol–water partition coefficient (Wildman–Crippen LogP) is 4.01. The van der Waals surface area contributed by atoms with Gasteiger partial charge in [-0.2, -0.15) is 5.26 Å². The van der Waals surface area contributed by atoms with Gasteiger partial charge < -0.3 is 4.74 Å². The number of benzene rings is 1. The van der Waals surface area contributed by atoms with Gasteiger partial charge in [-0.3, -0.25) is 0 Å². The monoisotopic (exact) mass is 243 g/mol. The molecule has 0 aromatic heterocycles. The largest absolute Gasteiger partial charge is 0.376 e. The molecule has 1 aromatic carbocycles. The molecule has 0 unspecified atom stereocenters. The first-order chi connectivity index (χ1) is 8.69. The third-order valence-electron chi connectivity index (χ3n) is 3.65. The normalized spacial score (nSPS) is 23.9. The van der Waals surface area contributed by atoms with Gasteiger partial charge in [-0.25, -0.2) is 0 Å². The Hall–Kier alpha value is -1.33. The van der Waals surface area contributed by atoms with Crippen LogP contribution in [0.5, 0.6) is 0 Å². The summed E-state index contributed by atoms with van der Waals surface area (Å²) >= 11 is 0. The van der Waals surface area contributed by atoms with E-state index in [0.29, 0.717) is 18.1 Å². The number of rotatable bonds is 3. The molecule has 1 fully saturated rings. The minimum Gasteiger partial charge on any atom is -0.376 e. The van der Waals surface area contributed by atoms with E-state index < -0.39 is 0 Å². The molecule has 2 nitrogen and oxygen atoms in total. The molecule has 2 rings (SSSR count). The Morgan fingerprint density at radius 2 is 1.72 bits per heavy atom. The molecule has 0 bridgehead atoms. The lowest BCUT2D eigenvalue weighted by atomic mass is 9.82. The van der Waals surface area contributed by atoms with Crippen molar-refractivity contribution in [3.05, 3.63) is 35.4 Å². The van der Waals surface area contributed by atoms with Crippen LogP contribution in [0.15, 0.2) is 24.3 Å². The average Bonchev–Trinajstić information content (AvgIpc) is 2.39. The Labute approximate surface area is 110 Å². The van der Waals surface area contributed by atoms with Crippen molar-refractivity contribution >= 4 is 0 Å². The van der Waals surface area contributed by atoms with E-state index in [4.69, 9.17) is 10.00 Å². The lowest BCUT2D eigenvalue weighted by Gasteiger charge is -2.30. The van der Waals surface area contributed by atoms with Crippen LogP contribution in [0.25, 0.3) is 0 Å². The molecule has 2 heteroatoms. The van der Waals surface area contributed by atoms with Crippen LogP contribution in [0.4, 0.5) is 0 Å². The summed E-state index contributed by atoms with van der Waals surface area (Å²) in [5, 5.41) is 8.79. The van der Waals surface area contributed by atoms with Gasteiger partial charge >= 0.3 is 0 Å². The predicted molar refractivity (Wildman–Crippen MR) is 72.4 cm³/mol. The van der Waals surface area contributed by atoms with Crippen molar-refractivity contribution in [1.82, 2.24) is 0 Å². The fourth-order valence-corrected chi connectivity index (χ4v) is 2.75. The number of hydrogen-bond donors (Lipinski definition) is 0. The van der Waals surface area contributed by atoms with Crippen LogP contribution in [-0.2, 0) is 4.74 Å². The topological polar surface area (TPSA) is 33.0 Å². The van der Waals surface area contributed by atoms with Crippen LogP contribution >= 0.6 is 0 Å². The lowest BCUT2D eigenvalue weighted by Crippen LogP contribution is -2.23. The van der Waals surface area contributed by atoms with E-state index in [2.05, 4.69) is 32.0 Å². The molecule has 0 atom stereocenters. The molecule has 0 N–H and O–H groups in total. The fourth-order valence-electron chi connectivity index (χ4n) is 2.75. The Balaban J connectivity index is 1.91. The second-order valence-corrected chi connectivity index (χ2v) is 5.39. The van der Waals surface area contributed by atoms with E-state index in [1.807, 2.05) is 12.1 Å². The summed E-state index contributed by atoms with van der Waals surface area (Å²) < 4.78 is 5.87. The second-order valence-electron chi connectivity index (χ2n) is 5.39. The molecule has 96 valence electrons. The molecule has 1 aromatic rings. The number of nitriles is 1. The molecule has 0 saturated heterocycles. The number of ether oxygens (including phenoxy) is 1. The first-order valence-electron chi connectivity index (χ1n) is 6.84. The van der Waals surface area contributed by atoms with Crippen molar-refractivity contribution in [2.24, 2.45) is 0 Å². The van der Waals surface area contributed by atoms with Crippen molar-refractivity contribution in [1.29, 1.82) is 5.26 Å². The molecule has 1 saturated carbocycles. The second kappa shape index (κ2) is 6.02. The molecule has 0 aliphatic heterocycles. The van der Waals surface area contributed by atoms with Crippen LogP contribution < -0.4 is 0 Å². The van der Waals surface area contributed by atoms with Crippen LogP contribution in [0, 0.1) is 11.3 Å². The van der Waals surface area contributed by atoms with Gasteiger partial charge in [0, 0.05) is 0 Å². The highest BCUT2D eigenvalue weighted by atomic mass is 16.5. The summed E-state index contributed by atoms with van der Waals surface area (Å²) in [6.07, 6.45) is 5.49. The Kier molecular flexibility index (Phi) is 4.38. The first-order valence-corrected chi connectivity index (χ1v) is 6.84. The molecular weight excluding hydrogens is 222 g/mol. The number of nitrogens with zero attached hydrogens (tertiary/aromatic N) is 1. The third-order valence-corrected chi connectivity index (χ3v) is 3.65. The molecule has 0 spiro atoms. The summed E-state index contributed by atoms with van der Waals surface area (Å²) in [6.45, 7) is 4.21. The molecule has 18 heavy (non-hydrogen) atoms. The van der Waals surface area contributed by atoms with Gasteiger partial charge in [0.15, 0.2) is 0 Å². The third kappa shape index (κ3) is 3.34. The van der Waals surface area contributed by atoms with Gasteiger partial charge in [0.2, 0.25) is 0 Å². The summed E-state index contributed by atoms with van der Waals surface area (Å²) in [6, 6.07) is 10.2. The zero-order chi connectivity index (χ0) is 13.0. The van der Waals surface area contributed by atoms with E-state index in [-0.39, 0.29) is 0 Å². The maximum Gasteiger partial charge on any atom is 0.0991 e. The van der Waals surface area contributed by atoms with Crippen molar-refractivity contribution < 1.29 is 4.74 Å². The van der Waals surface area contributed by atoms with E-state index in [9.17, 15) is 0 Å². The van der Waals surface area contributed by atoms with E-state index in [1.54, 1.807) is 0 Å². The molecule has 1 aliphatic carbocycles. The Morgan fingerprint density at radius 1 is 1.11 bits per heavy atom. The number of hydrogen-bond acceptors (Lipinski definition) is 2. The SMILES string of the molecule is CC(C)OC1CCC(c2ccc(C#N)cc2)CC1. The quantitative estimate of drug-likeness (QED) is 0.803. The molecule has 0 heterocycles. The minimum atomic E-state index is 0.335. The summed E-state index contributed by atoms with van der Waals surface area (Å²) in [5.41, 5.74) is 2.12. The van der Waals surface area contributed by atoms with Crippen molar-refractivity contribution in [3.63, 3.8) is 0 Å². The van der Waals surface area contributed by atoms with Crippen molar-refractivity contribution in [2.75, 3.05) is 0 Å². The van der Waals surface area contributed by atoms with Gasteiger partial charge in [-0.05, 0) is 63.1 Å². The smallest absolute Gasteiger partial charge is 0.0991 e. The van der Waals surface area contributed by atoms with E-state index >= 15 is 0 Å². The van der Waals surface area contributed by atoms with Crippen LogP contribution in [0.1, 0.15) is 56.6 Å². The Morgan fingerprint density at radius 3 is 2.22 bits per heavy atom. The fraction of sp³-hybridized carbons (Fsp3) is 0.562. The van der Waals surface area contributed by atoms with E-state index in [1.165, 1.54) is 18.4 Å². The van der Waals surface area contributed by atoms with Crippen LogP contribution in [-0.4, -0.2) is 12.2 Å². The van der Waals surface area contributed by atoms with Crippen molar-refractivity contribution in [2.45, 2.75) is 57.7 Å². The van der Waals surface area contributed by atoms with E-state index in [0.717, 1.165) is 18.4 Å². The molecule has 0 radical (unpaired) electrons. The Bertz CT molecular complexity index is 408. The van der Waals surface area contributed by atoms with Gasteiger partial charge in [-0.15, -0.1) is 0 Å². The highest BCUT2D eigenvalue weighted by Crippen LogP contribution is 2.34. The maximum absolute atomic E-state index is 8.79. The first kappa shape index (κ1) is 13.1. The lowest BCUT2D eigenvalue weighted by molar-refractivity contribution is -0.0146. The van der Waals surface area contributed by atoms with Crippen LogP contribution in [0.3, 0.4) is 0 Å². The summed E-state index contributed by atoms with van der Waals surface area (Å²) in [5.74, 6) is 0.643. The van der Waals surface area contributed by atoms with Crippen LogP contribution in [0.2, 0.25) is 0 Å². The molecule has 0 amide bonds. The summed E-state index contributed by atoms with van der Waals surface area (Å²) in [4.78, 5) is 0. The zero-order valence-corrected chi connectivity index (χ0v) is 11.2. The summed E-state index contributed by atoms with van der Waals surface area (Å²) in [7, 11) is 0. The highest BCUT2D eigenvalue weighted by molar-refractivity contribution is 5.33. The highest BCUT2D eigenvalue weighted by Gasteiger charge is 2.23. The van der Waals surface area contributed by atoms with Gasteiger partial charge in [-0.1, -0.05) is 12.1 Å². The molecular formula is C16H21NO.